The molecule has 0 aliphatic carbocycles. The van der Waals surface area contributed by atoms with Crippen molar-refractivity contribution in [2.45, 2.75) is 6.42 Å². The van der Waals surface area contributed by atoms with Gasteiger partial charge in [-0.05, 0) is 24.3 Å². The van der Waals surface area contributed by atoms with Crippen LogP contribution in [0.25, 0.3) is 0 Å². The SMILES string of the molecule is Cn1nccc1CCOc1ccc(F)cc1C#CCCl. The summed E-state index contributed by atoms with van der Waals surface area (Å²) >= 11 is 5.51. The minimum atomic E-state index is -0.345. The van der Waals surface area contributed by atoms with Gasteiger partial charge in [0.15, 0.2) is 0 Å². The first-order valence-corrected chi connectivity index (χ1v) is 6.68. The normalized spacial score (nSPS) is 9.95. The van der Waals surface area contributed by atoms with Crippen molar-refractivity contribution in [2.24, 2.45) is 7.05 Å². The molecular formula is C15H14ClFN2O. The molecule has 0 aliphatic rings. The second kappa shape index (κ2) is 6.97. The number of hydrogen-bond acceptors (Lipinski definition) is 2. The summed E-state index contributed by atoms with van der Waals surface area (Å²) in [5.41, 5.74) is 1.58. The Labute approximate surface area is 122 Å². The quantitative estimate of drug-likeness (QED) is 0.640. The molecule has 2 aromatic rings. The van der Waals surface area contributed by atoms with Crippen molar-refractivity contribution in [2.75, 3.05) is 12.5 Å². The molecule has 0 aliphatic heterocycles. The maximum Gasteiger partial charge on any atom is 0.135 e. The van der Waals surface area contributed by atoms with Crippen LogP contribution in [-0.4, -0.2) is 22.3 Å². The third-order valence-electron chi connectivity index (χ3n) is 2.77. The lowest BCUT2D eigenvalue weighted by atomic mass is 10.2. The zero-order valence-corrected chi connectivity index (χ0v) is 11.8. The van der Waals surface area contributed by atoms with Crippen LogP contribution in [-0.2, 0) is 13.5 Å². The Morgan fingerprint density at radius 1 is 1.40 bits per heavy atom. The average Bonchev–Trinajstić information content (AvgIpc) is 2.84. The van der Waals surface area contributed by atoms with E-state index >= 15 is 0 Å². The van der Waals surface area contributed by atoms with Crippen LogP contribution in [0.2, 0.25) is 0 Å². The van der Waals surface area contributed by atoms with Gasteiger partial charge in [0.05, 0.1) is 18.1 Å². The number of nitrogens with zero attached hydrogens (tertiary/aromatic N) is 2. The van der Waals surface area contributed by atoms with Gasteiger partial charge in [-0.2, -0.15) is 5.10 Å². The third kappa shape index (κ3) is 3.75. The Morgan fingerprint density at radius 2 is 2.25 bits per heavy atom. The van der Waals surface area contributed by atoms with E-state index in [1.165, 1.54) is 12.1 Å². The van der Waals surface area contributed by atoms with Gasteiger partial charge in [0.25, 0.3) is 0 Å². The van der Waals surface area contributed by atoms with Gasteiger partial charge in [0, 0.05) is 25.4 Å². The van der Waals surface area contributed by atoms with Crippen LogP contribution in [0.4, 0.5) is 4.39 Å². The second-order valence-electron chi connectivity index (χ2n) is 4.12. The van der Waals surface area contributed by atoms with Crippen LogP contribution >= 0.6 is 11.6 Å². The Morgan fingerprint density at radius 3 is 2.95 bits per heavy atom. The monoisotopic (exact) mass is 292 g/mol. The van der Waals surface area contributed by atoms with Crippen LogP contribution in [0.1, 0.15) is 11.3 Å². The first-order valence-electron chi connectivity index (χ1n) is 6.15. The van der Waals surface area contributed by atoms with Gasteiger partial charge in [0.2, 0.25) is 0 Å². The highest BCUT2D eigenvalue weighted by Gasteiger charge is 2.04. The Hall–Kier alpha value is -1.99. The number of hydrogen-bond donors (Lipinski definition) is 0. The Kier molecular flexibility index (Phi) is 5.03. The maximum atomic E-state index is 13.2. The van der Waals surface area contributed by atoms with Gasteiger partial charge in [-0.1, -0.05) is 11.8 Å². The molecule has 20 heavy (non-hydrogen) atoms. The van der Waals surface area contributed by atoms with Crippen molar-refractivity contribution in [3.63, 3.8) is 0 Å². The smallest absolute Gasteiger partial charge is 0.135 e. The van der Waals surface area contributed by atoms with Crippen molar-refractivity contribution in [1.29, 1.82) is 0 Å². The molecule has 0 unspecified atom stereocenters. The van der Waals surface area contributed by atoms with Crippen molar-refractivity contribution in [3.8, 4) is 17.6 Å². The average molecular weight is 293 g/mol. The van der Waals surface area contributed by atoms with E-state index < -0.39 is 0 Å². The van der Waals surface area contributed by atoms with Crippen molar-refractivity contribution in [1.82, 2.24) is 9.78 Å². The van der Waals surface area contributed by atoms with E-state index in [0.29, 0.717) is 17.9 Å². The molecule has 0 radical (unpaired) electrons. The Balaban J connectivity index is 2.03. The predicted molar refractivity (Wildman–Crippen MR) is 76.4 cm³/mol. The molecule has 1 aromatic heterocycles. The number of ether oxygens (including phenoxy) is 1. The van der Waals surface area contributed by atoms with Gasteiger partial charge < -0.3 is 4.74 Å². The van der Waals surface area contributed by atoms with E-state index in [9.17, 15) is 4.39 Å². The van der Waals surface area contributed by atoms with Crippen LogP contribution in [0.3, 0.4) is 0 Å². The summed E-state index contributed by atoms with van der Waals surface area (Å²) in [7, 11) is 1.88. The fourth-order valence-electron chi connectivity index (χ4n) is 1.77. The highest BCUT2D eigenvalue weighted by atomic mass is 35.5. The summed E-state index contributed by atoms with van der Waals surface area (Å²) in [6.45, 7) is 0.473. The van der Waals surface area contributed by atoms with Gasteiger partial charge in [-0.3, -0.25) is 4.68 Å². The van der Waals surface area contributed by atoms with Gasteiger partial charge in [-0.25, -0.2) is 4.39 Å². The molecule has 0 fully saturated rings. The number of aryl methyl sites for hydroxylation is 1. The summed E-state index contributed by atoms with van der Waals surface area (Å²) in [5, 5.41) is 4.09. The van der Waals surface area contributed by atoms with E-state index in [2.05, 4.69) is 16.9 Å². The molecule has 0 bridgehead atoms. The molecule has 0 saturated carbocycles. The molecule has 0 N–H and O–H groups in total. The lowest BCUT2D eigenvalue weighted by Crippen LogP contribution is -2.06. The summed E-state index contributed by atoms with van der Waals surface area (Å²) in [6, 6.07) is 6.21. The van der Waals surface area contributed by atoms with E-state index in [4.69, 9.17) is 16.3 Å². The predicted octanol–water partition coefficient (Wildman–Crippen LogP) is 2.77. The lowest BCUT2D eigenvalue weighted by molar-refractivity contribution is 0.317. The molecule has 0 spiro atoms. The van der Waals surface area contributed by atoms with E-state index in [0.717, 1.165) is 12.1 Å². The van der Waals surface area contributed by atoms with Crippen LogP contribution in [0.5, 0.6) is 5.75 Å². The van der Waals surface area contributed by atoms with Gasteiger partial charge >= 0.3 is 0 Å². The number of alkyl halides is 1. The first-order chi connectivity index (χ1) is 9.70. The van der Waals surface area contributed by atoms with E-state index in [1.54, 1.807) is 16.9 Å². The van der Waals surface area contributed by atoms with Crippen LogP contribution < -0.4 is 4.74 Å². The fraction of sp³-hybridized carbons (Fsp3) is 0.267. The van der Waals surface area contributed by atoms with Crippen LogP contribution in [0, 0.1) is 17.7 Å². The topological polar surface area (TPSA) is 27.1 Å². The lowest BCUT2D eigenvalue weighted by Gasteiger charge is -2.08. The standard InChI is InChI=1S/C15H14ClFN2O/c1-19-14(6-9-18-19)7-10-20-15-5-4-13(17)11-12(15)3-2-8-16/h4-6,9,11H,7-8,10H2,1H3. The van der Waals surface area contributed by atoms with Gasteiger partial charge in [0.1, 0.15) is 11.6 Å². The molecule has 0 amide bonds. The second-order valence-corrected chi connectivity index (χ2v) is 4.39. The highest BCUT2D eigenvalue weighted by Crippen LogP contribution is 2.19. The Bertz CT molecular complexity index is 643. The third-order valence-corrected chi connectivity index (χ3v) is 2.90. The van der Waals surface area contributed by atoms with Crippen molar-refractivity contribution >= 4 is 11.6 Å². The minimum Gasteiger partial charge on any atom is -0.492 e. The number of halogens is 2. The molecule has 1 heterocycles. The molecule has 5 heteroatoms. The minimum absolute atomic E-state index is 0.199. The fourth-order valence-corrected chi connectivity index (χ4v) is 1.83. The molecule has 1 aromatic carbocycles. The highest BCUT2D eigenvalue weighted by molar-refractivity contribution is 6.19. The molecule has 2 rings (SSSR count). The molecule has 3 nitrogen and oxygen atoms in total. The molecule has 0 saturated heterocycles. The summed E-state index contributed by atoms with van der Waals surface area (Å²) in [6.07, 6.45) is 2.46. The van der Waals surface area contributed by atoms with E-state index in [1.807, 2.05) is 13.1 Å². The molecule has 0 atom stereocenters. The summed E-state index contributed by atoms with van der Waals surface area (Å²) in [4.78, 5) is 0. The van der Waals surface area contributed by atoms with E-state index in [-0.39, 0.29) is 11.7 Å². The number of aromatic nitrogens is 2. The zero-order valence-electron chi connectivity index (χ0n) is 11.1. The number of benzene rings is 1. The first kappa shape index (κ1) is 14.4. The van der Waals surface area contributed by atoms with Crippen molar-refractivity contribution in [3.05, 3.63) is 47.5 Å². The summed E-state index contributed by atoms with van der Waals surface area (Å²) < 4.78 is 20.7. The van der Waals surface area contributed by atoms with Crippen molar-refractivity contribution < 1.29 is 9.13 Å². The maximum absolute atomic E-state index is 13.2. The molecule has 104 valence electrons. The zero-order chi connectivity index (χ0) is 14.4. The summed E-state index contributed by atoms with van der Waals surface area (Å²) in [5.74, 6) is 5.91. The molecular weight excluding hydrogens is 279 g/mol. The largest absolute Gasteiger partial charge is 0.492 e. The van der Waals surface area contributed by atoms with Gasteiger partial charge in [-0.15, -0.1) is 11.6 Å². The van der Waals surface area contributed by atoms with Crippen LogP contribution in [0.15, 0.2) is 30.5 Å². The number of rotatable bonds is 4.